The van der Waals surface area contributed by atoms with E-state index in [1.807, 2.05) is 0 Å². The lowest BCUT2D eigenvalue weighted by Gasteiger charge is -2.25. The predicted molar refractivity (Wildman–Crippen MR) is 301 cm³/mol. The quantitative estimate of drug-likeness (QED) is 0.0366. The second kappa shape index (κ2) is 23.4. The first-order valence-corrected chi connectivity index (χ1v) is 25.5. The minimum absolute atomic E-state index is 0.148. The van der Waals surface area contributed by atoms with Crippen LogP contribution in [0.15, 0.2) is 182 Å². The van der Waals surface area contributed by atoms with E-state index in [4.69, 9.17) is 13.6 Å². The first-order chi connectivity index (χ1) is 40.9. The number of nitro benzene ring substituents is 9. The number of phosphoric ester groups is 1. The van der Waals surface area contributed by atoms with E-state index in [0.29, 0.717) is 0 Å². The van der Waals surface area contributed by atoms with Gasteiger partial charge in [-0.1, -0.05) is 0 Å². The highest BCUT2D eigenvalue weighted by atomic mass is 31.2. The molecule has 86 heavy (non-hydrogen) atoms. The summed E-state index contributed by atoms with van der Waals surface area (Å²) in [4.78, 5) is 103. The molecule has 0 aliphatic heterocycles. The van der Waals surface area contributed by atoms with Gasteiger partial charge in [0.05, 0.1) is 61.0 Å². The Labute approximate surface area is 477 Å². The van der Waals surface area contributed by atoms with E-state index in [1.54, 1.807) is 0 Å². The zero-order chi connectivity index (χ0) is 61.9. The molecule has 0 bridgehead atoms. The lowest BCUT2D eigenvalue weighted by molar-refractivity contribution is -0.385. The topological polar surface area (TPSA) is 433 Å². The normalized spacial score (nSPS) is 11.0. The maximum Gasteiger partial charge on any atom is 0.647 e. The van der Waals surface area contributed by atoms with Crippen molar-refractivity contribution in [2.45, 2.75) is 0 Å². The summed E-state index contributed by atoms with van der Waals surface area (Å²) in [5.74, 6) is -2.15. The molecule has 428 valence electrons. The van der Waals surface area contributed by atoms with Crippen LogP contribution in [0.2, 0.25) is 0 Å². The third kappa shape index (κ3) is 11.7. The summed E-state index contributed by atoms with van der Waals surface area (Å²) in [7, 11) is -6.02. The zero-order valence-electron chi connectivity index (χ0n) is 42.8. The fraction of sp³-hybridized carbons (Fsp3) is 0. The van der Waals surface area contributed by atoms with Crippen molar-refractivity contribution in [1.29, 1.82) is 0 Å². The Hall–Kier alpha value is -12.8. The molecule has 0 saturated carbocycles. The summed E-state index contributed by atoms with van der Waals surface area (Å²) in [6, 6.07) is 30.2. The van der Waals surface area contributed by atoms with E-state index >= 15 is 4.57 Å². The van der Waals surface area contributed by atoms with Crippen LogP contribution in [0.5, 0.6) is 17.2 Å². The first kappa shape index (κ1) is 57.9. The molecule has 9 aromatic carbocycles. The van der Waals surface area contributed by atoms with Gasteiger partial charge >= 0.3 is 7.82 Å². The standard InChI is InChI=1S/C54H30N9O22P/c64-55(65)37-13-1-31(2-14-37)49-43(61(76)77)25-28-46(52(49)34-7-19-40(20-8-34)58(70)71)83-86(82,84-47-29-26-44(62(78)79)50(32-3-15-38(16-4-32)56(66)67)53(47)35-9-21-41(22-10-35)59(72)73)85-48-30-27-45(63(80)81)51(33-5-17-39(18-6-33)57(68)69)54(48)36-11-23-42(24-12-36)60(74)75/h1-30H. The number of non-ortho nitro benzene ring substituents is 6. The average Bonchev–Trinajstić information content (AvgIpc) is 1.32. The largest absolute Gasteiger partial charge is 0.647 e. The molecule has 0 aromatic heterocycles. The van der Waals surface area contributed by atoms with Crippen LogP contribution in [-0.4, -0.2) is 44.3 Å². The molecule has 0 spiro atoms. The van der Waals surface area contributed by atoms with Gasteiger partial charge in [-0.25, -0.2) is 0 Å². The number of hydrogen-bond acceptors (Lipinski definition) is 22. The maximum absolute atomic E-state index is 16.7. The fourth-order valence-electron chi connectivity index (χ4n) is 9.05. The van der Waals surface area contributed by atoms with E-state index in [9.17, 15) is 91.0 Å². The smallest absolute Gasteiger partial charge is 0.385 e. The summed E-state index contributed by atoms with van der Waals surface area (Å²) in [5.41, 5.74) is -8.76. The van der Waals surface area contributed by atoms with Gasteiger partial charge in [0.15, 0.2) is 0 Å². The van der Waals surface area contributed by atoms with Gasteiger partial charge in [-0.3, -0.25) is 91.0 Å². The summed E-state index contributed by atoms with van der Waals surface area (Å²) in [5, 5.41) is 110. The van der Waals surface area contributed by atoms with Crippen LogP contribution in [0.1, 0.15) is 0 Å². The van der Waals surface area contributed by atoms with Gasteiger partial charge in [-0.2, -0.15) is 4.57 Å². The lowest BCUT2D eigenvalue weighted by Crippen LogP contribution is -2.11. The van der Waals surface area contributed by atoms with Crippen LogP contribution in [0, 0.1) is 91.0 Å². The molecular weight excluding hydrogens is 1160 g/mol. The van der Waals surface area contributed by atoms with Gasteiger partial charge in [0.2, 0.25) is 0 Å². The summed E-state index contributed by atoms with van der Waals surface area (Å²) in [6.45, 7) is 0. The highest BCUT2D eigenvalue weighted by Gasteiger charge is 2.41. The van der Waals surface area contributed by atoms with Gasteiger partial charge in [0.25, 0.3) is 51.2 Å². The molecule has 0 unspecified atom stereocenters. The Morgan fingerprint density at radius 3 is 0.535 bits per heavy atom. The fourth-order valence-corrected chi connectivity index (χ4v) is 10.3. The van der Waals surface area contributed by atoms with Crippen molar-refractivity contribution in [3.8, 4) is 84.0 Å². The molecule has 0 fully saturated rings. The number of hydrogen-bond donors (Lipinski definition) is 0. The van der Waals surface area contributed by atoms with Crippen molar-refractivity contribution in [3.63, 3.8) is 0 Å². The molecule has 0 aliphatic rings. The summed E-state index contributed by atoms with van der Waals surface area (Å²) >= 11 is 0. The van der Waals surface area contributed by atoms with Crippen molar-refractivity contribution in [3.05, 3.63) is 273 Å². The Morgan fingerprint density at radius 2 is 0.384 bits per heavy atom. The molecular formula is C54H30N9O22P. The molecule has 0 aliphatic carbocycles. The van der Waals surface area contributed by atoms with Crippen LogP contribution in [-0.2, 0) is 4.57 Å². The third-order valence-electron chi connectivity index (χ3n) is 12.9. The zero-order valence-corrected chi connectivity index (χ0v) is 43.7. The minimum atomic E-state index is -6.02. The van der Waals surface area contributed by atoms with E-state index in [2.05, 4.69) is 0 Å². The second-order valence-electron chi connectivity index (χ2n) is 17.8. The van der Waals surface area contributed by atoms with Crippen molar-refractivity contribution in [2.24, 2.45) is 0 Å². The number of rotatable bonds is 21. The Bertz CT molecular complexity index is 3940. The number of benzene rings is 9. The van der Waals surface area contributed by atoms with Crippen LogP contribution >= 0.6 is 7.82 Å². The molecule has 0 N–H and O–H groups in total. The minimum Gasteiger partial charge on any atom is -0.385 e. The van der Waals surface area contributed by atoms with Crippen LogP contribution in [0.4, 0.5) is 51.2 Å². The molecule has 0 amide bonds. The number of nitro groups is 9. The van der Waals surface area contributed by atoms with E-state index in [-0.39, 0.29) is 33.4 Å². The Morgan fingerprint density at radius 1 is 0.221 bits per heavy atom. The van der Waals surface area contributed by atoms with Gasteiger partial charge < -0.3 is 13.6 Å². The number of nitrogens with zero attached hydrogens (tertiary/aromatic N) is 9. The van der Waals surface area contributed by atoms with Gasteiger partial charge in [0, 0.05) is 108 Å². The van der Waals surface area contributed by atoms with Crippen molar-refractivity contribution in [1.82, 2.24) is 0 Å². The monoisotopic (exact) mass is 1190 g/mol. The van der Waals surface area contributed by atoms with Crippen molar-refractivity contribution >= 4 is 59.0 Å². The van der Waals surface area contributed by atoms with Crippen molar-refractivity contribution in [2.75, 3.05) is 0 Å². The third-order valence-corrected chi connectivity index (χ3v) is 14.1. The van der Waals surface area contributed by atoms with Crippen LogP contribution in [0.25, 0.3) is 66.8 Å². The second-order valence-corrected chi connectivity index (χ2v) is 19.3. The molecule has 31 nitrogen and oxygen atoms in total. The molecule has 32 heteroatoms. The highest BCUT2D eigenvalue weighted by molar-refractivity contribution is 7.49. The van der Waals surface area contributed by atoms with Crippen LogP contribution < -0.4 is 13.6 Å². The molecule has 0 saturated heterocycles. The van der Waals surface area contributed by atoms with E-state index < -0.39 is 154 Å². The van der Waals surface area contributed by atoms with Gasteiger partial charge in [-0.05, 0) is 124 Å². The van der Waals surface area contributed by atoms with E-state index in [1.165, 1.54) is 0 Å². The molecule has 0 radical (unpaired) electrons. The Kier molecular flexibility index (Phi) is 15.7. The predicted octanol–water partition coefficient (Wildman–Crippen LogP) is 14.5. The van der Waals surface area contributed by atoms with E-state index in [0.717, 1.165) is 182 Å². The highest BCUT2D eigenvalue weighted by Crippen LogP contribution is 2.59. The average molecular weight is 1190 g/mol. The SMILES string of the molecule is O=[N+]([O-])c1ccc(-c2c(OP(=O)(Oc3ccc([N+](=O)[O-])c(-c4ccc([N+](=O)[O-])cc4)c3-c3ccc([N+](=O)[O-])cc3)Oc3ccc([N+](=O)[O-])c(-c4ccc([N+](=O)[O-])cc4)c3-c3ccc([N+](=O)[O-])cc3)ccc([N+](=O)[O-])c2-c2ccc([N+](=O)[O-])cc2)cc1. The first-order valence-electron chi connectivity index (χ1n) is 24.1. The van der Waals surface area contributed by atoms with Gasteiger partial charge in [-0.15, -0.1) is 0 Å². The molecule has 9 rings (SSSR count). The summed E-state index contributed by atoms with van der Waals surface area (Å²) in [6.07, 6.45) is 0. The maximum atomic E-state index is 16.7. The molecule has 0 atom stereocenters. The van der Waals surface area contributed by atoms with Crippen molar-refractivity contribution < 1.29 is 62.4 Å². The molecule has 9 aromatic rings. The lowest BCUT2D eigenvalue weighted by atomic mass is 9.92. The molecule has 0 heterocycles. The van der Waals surface area contributed by atoms with Crippen LogP contribution in [0.3, 0.4) is 0 Å². The van der Waals surface area contributed by atoms with Gasteiger partial charge in [0.1, 0.15) is 17.2 Å². The Balaban J connectivity index is 1.40. The number of phosphoric acid groups is 1. The summed E-state index contributed by atoms with van der Waals surface area (Å²) < 4.78 is 35.9.